The molecule has 1 aromatic carbocycles. The quantitative estimate of drug-likeness (QED) is 0.387. The van der Waals surface area contributed by atoms with Crippen molar-refractivity contribution in [3.05, 3.63) is 59.1 Å². The highest BCUT2D eigenvalue weighted by Gasteiger charge is 2.22. The number of nitrogens with zero attached hydrogens (tertiary/aromatic N) is 2. The zero-order chi connectivity index (χ0) is 21.9. The Morgan fingerprint density at radius 3 is 2.30 bits per heavy atom. The number of hydrazine groups is 1. The van der Waals surface area contributed by atoms with Gasteiger partial charge < -0.3 is 4.42 Å². The minimum absolute atomic E-state index is 0.00984. The molecule has 0 spiro atoms. The maximum Gasteiger partial charge on any atom is 0.336 e. The van der Waals surface area contributed by atoms with E-state index in [4.69, 9.17) is 4.42 Å². The van der Waals surface area contributed by atoms with Crippen molar-refractivity contribution in [2.24, 2.45) is 0 Å². The standard InChI is InChI=1S/C18H20N4O6S2/c1-3-22(4-2)30(26,27)15-7-9-17(19-12-15)20-21-29(24,25)14-6-8-16-13(11-14)5-10-18(23)28-16/h5-12,21H,3-4H2,1-2H3,(H,19,20). The van der Waals surface area contributed by atoms with E-state index in [-0.39, 0.29) is 21.2 Å². The van der Waals surface area contributed by atoms with Crippen LogP contribution in [-0.4, -0.2) is 39.2 Å². The van der Waals surface area contributed by atoms with Crippen molar-refractivity contribution in [3.8, 4) is 0 Å². The molecule has 2 heterocycles. The second kappa shape index (κ2) is 8.52. The van der Waals surface area contributed by atoms with Gasteiger partial charge in [-0.2, -0.15) is 4.31 Å². The van der Waals surface area contributed by atoms with E-state index in [1.54, 1.807) is 13.8 Å². The lowest BCUT2D eigenvalue weighted by atomic mass is 10.2. The monoisotopic (exact) mass is 452 g/mol. The van der Waals surface area contributed by atoms with Crippen molar-refractivity contribution < 1.29 is 21.3 Å². The van der Waals surface area contributed by atoms with Gasteiger partial charge in [0.1, 0.15) is 16.3 Å². The van der Waals surface area contributed by atoms with E-state index >= 15 is 0 Å². The van der Waals surface area contributed by atoms with Crippen LogP contribution in [0.1, 0.15) is 13.8 Å². The zero-order valence-corrected chi connectivity index (χ0v) is 17.8. The summed E-state index contributed by atoms with van der Waals surface area (Å²) in [7, 11) is -7.62. The molecular formula is C18H20N4O6S2. The van der Waals surface area contributed by atoms with E-state index in [1.165, 1.54) is 46.8 Å². The molecule has 2 N–H and O–H groups in total. The number of fused-ring (bicyclic) bond motifs is 1. The lowest BCUT2D eigenvalue weighted by Gasteiger charge is -2.18. The third-order valence-corrected chi connectivity index (χ3v) is 7.57. The van der Waals surface area contributed by atoms with Crippen molar-refractivity contribution in [2.75, 3.05) is 18.5 Å². The van der Waals surface area contributed by atoms with Crippen LogP contribution in [-0.2, 0) is 20.0 Å². The Morgan fingerprint density at radius 1 is 0.967 bits per heavy atom. The third kappa shape index (κ3) is 4.51. The van der Waals surface area contributed by atoms with Crippen LogP contribution < -0.4 is 15.9 Å². The van der Waals surface area contributed by atoms with E-state index in [9.17, 15) is 21.6 Å². The first-order valence-corrected chi connectivity index (χ1v) is 11.9. The molecule has 0 radical (unpaired) electrons. The van der Waals surface area contributed by atoms with E-state index < -0.39 is 25.7 Å². The number of hydrogen-bond donors (Lipinski definition) is 2. The molecule has 160 valence electrons. The van der Waals surface area contributed by atoms with Gasteiger partial charge in [-0.05, 0) is 36.4 Å². The average Bonchev–Trinajstić information content (AvgIpc) is 2.73. The third-order valence-electron chi connectivity index (χ3n) is 4.29. The molecule has 0 aliphatic heterocycles. The minimum Gasteiger partial charge on any atom is -0.423 e. The maximum atomic E-state index is 12.5. The molecule has 2 aromatic heterocycles. The SMILES string of the molecule is CCN(CC)S(=O)(=O)c1ccc(NNS(=O)(=O)c2ccc3oc(=O)ccc3c2)nc1. The van der Waals surface area contributed by atoms with Gasteiger partial charge in [0.25, 0.3) is 10.0 Å². The summed E-state index contributed by atoms with van der Waals surface area (Å²) in [5.74, 6) is 0.115. The minimum atomic E-state index is -3.97. The van der Waals surface area contributed by atoms with Crippen LogP contribution >= 0.6 is 0 Å². The summed E-state index contributed by atoms with van der Waals surface area (Å²) < 4.78 is 56.2. The number of aromatic nitrogens is 1. The first kappa shape index (κ1) is 21.9. The summed E-state index contributed by atoms with van der Waals surface area (Å²) in [6, 6.07) is 9.39. The van der Waals surface area contributed by atoms with Gasteiger partial charge >= 0.3 is 5.63 Å². The Bertz CT molecular complexity index is 1310. The number of hydrogen-bond acceptors (Lipinski definition) is 8. The van der Waals surface area contributed by atoms with Gasteiger partial charge in [0.15, 0.2) is 0 Å². The molecule has 30 heavy (non-hydrogen) atoms. The molecule has 3 rings (SSSR count). The molecule has 0 saturated heterocycles. The normalized spacial score (nSPS) is 12.4. The summed E-state index contributed by atoms with van der Waals surface area (Å²) >= 11 is 0. The lowest BCUT2D eigenvalue weighted by molar-refractivity contribution is 0.445. The number of rotatable bonds is 8. The number of sulfonamides is 2. The van der Waals surface area contributed by atoms with Gasteiger partial charge in [-0.25, -0.2) is 26.6 Å². The van der Waals surface area contributed by atoms with E-state index in [1.807, 2.05) is 0 Å². The molecule has 12 heteroatoms. The second-order valence-corrected chi connectivity index (χ2v) is 9.77. The summed E-state index contributed by atoms with van der Waals surface area (Å²) in [6.45, 7) is 4.13. The van der Waals surface area contributed by atoms with Crippen LogP contribution in [0.25, 0.3) is 11.0 Å². The Morgan fingerprint density at radius 2 is 1.67 bits per heavy atom. The topological polar surface area (TPSA) is 139 Å². The van der Waals surface area contributed by atoms with E-state index in [0.29, 0.717) is 18.5 Å². The Kier molecular flexibility index (Phi) is 6.22. The van der Waals surface area contributed by atoms with Gasteiger partial charge in [0.05, 0.1) is 4.90 Å². The predicted octanol–water partition coefficient (Wildman–Crippen LogP) is 1.52. The van der Waals surface area contributed by atoms with Crippen molar-refractivity contribution in [2.45, 2.75) is 23.6 Å². The fourth-order valence-corrected chi connectivity index (χ4v) is 5.00. The summed E-state index contributed by atoms with van der Waals surface area (Å²) in [5.41, 5.74) is 2.18. The maximum absolute atomic E-state index is 12.5. The smallest absolute Gasteiger partial charge is 0.336 e. The number of nitrogens with one attached hydrogen (secondary N) is 2. The Balaban J connectivity index is 1.76. The number of benzene rings is 1. The van der Waals surface area contributed by atoms with Crippen LogP contribution in [0.2, 0.25) is 0 Å². The molecule has 0 bridgehead atoms. The molecule has 0 atom stereocenters. The second-order valence-electron chi connectivity index (χ2n) is 6.15. The largest absolute Gasteiger partial charge is 0.423 e. The van der Waals surface area contributed by atoms with Crippen molar-refractivity contribution >= 4 is 36.8 Å². The summed E-state index contributed by atoms with van der Waals surface area (Å²) in [5, 5.41) is 0.446. The average molecular weight is 453 g/mol. The van der Waals surface area contributed by atoms with Crippen LogP contribution in [0, 0.1) is 0 Å². The van der Waals surface area contributed by atoms with Crippen LogP contribution in [0.3, 0.4) is 0 Å². The Hall–Kier alpha value is -2.80. The molecule has 10 nitrogen and oxygen atoms in total. The number of anilines is 1. The molecule has 0 aliphatic rings. The van der Waals surface area contributed by atoms with Crippen LogP contribution in [0.15, 0.2) is 67.7 Å². The van der Waals surface area contributed by atoms with Gasteiger partial charge in [0, 0.05) is 30.7 Å². The highest BCUT2D eigenvalue weighted by atomic mass is 32.2. The fourth-order valence-electron chi connectivity index (χ4n) is 2.71. The molecule has 3 aromatic rings. The van der Waals surface area contributed by atoms with E-state index in [2.05, 4.69) is 15.2 Å². The van der Waals surface area contributed by atoms with Crippen molar-refractivity contribution in [3.63, 3.8) is 0 Å². The molecule has 0 saturated carbocycles. The highest BCUT2D eigenvalue weighted by molar-refractivity contribution is 7.89. The van der Waals surface area contributed by atoms with Crippen LogP contribution in [0.5, 0.6) is 0 Å². The zero-order valence-electron chi connectivity index (χ0n) is 16.2. The molecule has 0 unspecified atom stereocenters. The first-order chi connectivity index (χ1) is 14.2. The highest BCUT2D eigenvalue weighted by Crippen LogP contribution is 2.19. The molecule has 0 fully saturated rings. The van der Waals surface area contributed by atoms with Gasteiger partial charge in [0.2, 0.25) is 10.0 Å². The lowest BCUT2D eigenvalue weighted by Crippen LogP contribution is -2.31. The fraction of sp³-hybridized carbons (Fsp3) is 0.222. The van der Waals surface area contributed by atoms with Gasteiger partial charge in [-0.15, -0.1) is 4.83 Å². The summed E-state index contributed by atoms with van der Waals surface area (Å²) in [6.07, 6.45) is 1.16. The predicted molar refractivity (Wildman–Crippen MR) is 111 cm³/mol. The molecule has 0 aliphatic carbocycles. The van der Waals surface area contributed by atoms with E-state index in [0.717, 1.165) is 6.20 Å². The van der Waals surface area contributed by atoms with Crippen molar-refractivity contribution in [1.29, 1.82) is 0 Å². The molecule has 0 amide bonds. The van der Waals surface area contributed by atoms with Crippen molar-refractivity contribution in [1.82, 2.24) is 14.1 Å². The molecular weight excluding hydrogens is 432 g/mol. The van der Waals surface area contributed by atoms with Gasteiger partial charge in [-0.3, -0.25) is 5.43 Å². The van der Waals surface area contributed by atoms with Gasteiger partial charge in [-0.1, -0.05) is 13.8 Å². The van der Waals surface area contributed by atoms with Crippen LogP contribution in [0.4, 0.5) is 5.82 Å². The summed E-state index contributed by atoms with van der Waals surface area (Å²) in [4.78, 5) is 17.3. The Labute approximate surface area is 173 Å². The first-order valence-electron chi connectivity index (χ1n) is 8.95. The number of pyridine rings is 1.